The molecule has 2 rings (SSSR count). The maximum absolute atomic E-state index is 6.34. The van der Waals surface area contributed by atoms with Gasteiger partial charge in [-0.15, -0.1) is 0 Å². The molecule has 1 saturated carbocycles. The number of hydrogen-bond donors (Lipinski definition) is 2. The van der Waals surface area contributed by atoms with Gasteiger partial charge in [0.05, 0.1) is 23.0 Å². The van der Waals surface area contributed by atoms with Crippen molar-refractivity contribution in [3.63, 3.8) is 0 Å². The van der Waals surface area contributed by atoms with E-state index in [1.165, 1.54) is 0 Å². The number of nitrogens with two attached hydrogens (primary N) is 1. The Morgan fingerprint density at radius 1 is 1.32 bits per heavy atom. The Hall–Kier alpha value is -0.580. The quantitative estimate of drug-likeness (QED) is 0.659. The number of rotatable bonds is 4. The van der Waals surface area contributed by atoms with E-state index in [1.807, 2.05) is 4.68 Å². The second kappa shape index (κ2) is 4.47. The van der Waals surface area contributed by atoms with Crippen LogP contribution in [0.2, 0.25) is 5.02 Å². The standard InChI is InChI=1S/C14H25ClN4/c1-8(2)19-11(9(15)7-17-19)10(18-16)12-13(3,4)14(12,5)6/h7-8,10,12,18H,16H2,1-6H3. The molecule has 0 aliphatic heterocycles. The first-order valence-electron chi connectivity index (χ1n) is 6.85. The summed E-state index contributed by atoms with van der Waals surface area (Å²) in [6, 6.07) is 0.297. The van der Waals surface area contributed by atoms with Gasteiger partial charge >= 0.3 is 0 Å². The average Bonchev–Trinajstić information content (AvgIpc) is 2.62. The maximum atomic E-state index is 6.34. The van der Waals surface area contributed by atoms with Gasteiger partial charge in [0.2, 0.25) is 0 Å². The Labute approximate surface area is 120 Å². The van der Waals surface area contributed by atoms with Crippen molar-refractivity contribution < 1.29 is 0 Å². The Morgan fingerprint density at radius 2 is 1.84 bits per heavy atom. The lowest BCUT2D eigenvalue weighted by atomic mass is 10.0. The molecular weight excluding hydrogens is 260 g/mol. The molecular formula is C14H25ClN4. The SMILES string of the molecule is CC(C)n1ncc(Cl)c1C(NN)C1C(C)(C)C1(C)C. The number of halogens is 1. The zero-order valence-corrected chi connectivity index (χ0v) is 13.4. The summed E-state index contributed by atoms with van der Waals surface area (Å²) in [5.41, 5.74) is 4.44. The minimum absolute atomic E-state index is 0.0300. The Balaban J connectivity index is 2.43. The minimum atomic E-state index is 0.0300. The third-order valence-electron chi connectivity index (χ3n) is 5.22. The van der Waals surface area contributed by atoms with Gasteiger partial charge in [0, 0.05) is 6.04 Å². The predicted octanol–water partition coefficient (Wildman–Crippen LogP) is 3.30. The second-order valence-electron chi connectivity index (χ2n) is 6.98. The van der Waals surface area contributed by atoms with Crippen molar-refractivity contribution in [1.82, 2.24) is 15.2 Å². The van der Waals surface area contributed by atoms with Crippen molar-refractivity contribution in [2.24, 2.45) is 22.6 Å². The zero-order chi connectivity index (χ0) is 14.6. The molecule has 4 nitrogen and oxygen atoms in total. The van der Waals surface area contributed by atoms with Gasteiger partial charge in [0.25, 0.3) is 0 Å². The molecule has 1 unspecified atom stereocenters. The summed E-state index contributed by atoms with van der Waals surface area (Å²) < 4.78 is 1.97. The number of hydrogen-bond acceptors (Lipinski definition) is 3. The molecule has 1 heterocycles. The number of nitrogens with one attached hydrogen (secondary N) is 1. The van der Waals surface area contributed by atoms with Crippen LogP contribution in [-0.4, -0.2) is 9.78 Å². The second-order valence-corrected chi connectivity index (χ2v) is 7.39. The third kappa shape index (κ3) is 2.01. The van der Waals surface area contributed by atoms with E-state index in [0.717, 1.165) is 5.69 Å². The van der Waals surface area contributed by atoms with Crippen molar-refractivity contribution in [1.29, 1.82) is 0 Å². The summed E-state index contributed by atoms with van der Waals surface area (Å²) >= 11 is 6.34. The highest BCUT2D eigenvalue weighted by Crippen LogP contribution is 2.72. The Kier molecular flexibility index (Phi) is 3.49. The first kappa shape index (κ1) is 14.8. The zero-order valence-electron chi connectivity index (χ0n) is 12.7. The summed E-state index contributed by atoms with van der Waals surface area (Å²) in [5.74, 6) is 6.28. The van der Waals surface area contributed by atoms with Crippen LogP contribution in [-0.2, 0) is 0 Å². The molecule has 0 spiro atoms. The Bertz CT molecular complexity index is 462. The van der Waals surface area contributed by atoms with E-state index in [2.05, 4.69) is 52.1 Å². The molecule has 0 saturated heterocycles. The van der Waals surface area contributed by atoms with E-state index in [9.17, 15) is 0 Å². The topological polar surface area (TPSA) is 55.9 Å². The Morgan fingerprint density at radius 3 is 2.21 bits per heavy atom. The van der Waals surface area contributed by atoms with Gasteiger partial charge < -0.3 is 0 Å². The number of hydrazine groups is 1. The molecule has 1 aromatic heterocycles. The van der Waals surface area contributed by atoms with Crippen LogP contribution >= 0.6 is 11.6 Å². The van der Waals surface area contributed by atoms with E-state index in [-0.39, 0.29) is 22.9 Å². The fourth-order valence-corrected chi connectivity index (χ4v) is 3.71. The van der Waals surface area contributed by atoms with Crippen LogP contribution in [0, 0.1) is 16.7 Å². The van der Waals surface area contributed by atoms with Gasteiger partial charge in [-0.3, -0.25) is 16.0 Å². The molecule has 3 N–H and O–H groups in total. The monoisotopic (exact) mass is 284 g/mol. The fourth-order valence-electron chi connectivity index (χ4n) is 3.47. The normalized spacial score (nSPS) is 22.8. The summed E-state index contributed by atoms with van der Waals surface area (Å²) in [6.45, 7) is 13.3. The van der Waals surface area contributed by atoms with Gasteiger partial charge in [-0.05, 0) is 30.6 Å². The molecule has 1 fully saturated rings. The highest BCUT2D eigenvalue weighted by Gasteiger charge is 2.67. The van der Waals surface area contributed by atoms with Gasteiger partial charge in [-0.2, -0.15) is 5.10 Å². The van der Waals surface area contributed by atoms with E-state index in [1.54, 1.807) is 6.20 Å². The van der Waals surface area contributed by atoms with Gasteiger partial charge in [-0.25, -0.2) is 0 Å². The lowest BCUT2D eigenvalue weighted by molar-refractivity contribution is 0.375. The molecule has 0 bridgehead atoms. The van der Waals surface area contributed by atoms with Crippen molar-refractivity contribution in [2.75, 3.05) is 0 Å². The van der Waals surface area contributed by atoms with Crippen molar-refractivity contribution in [3.05, 3.63) is 16.9 Å². The molecule has 1 aliphatic rings. The van der Waals surface area contributed by atoms with Crippen LogP contribution in [0.15, 0.2) is 6.20 Å². The molecule has 0 aromatic carbocycles. The summed E-state index contributed by atoms with van der Waals surface area (Å²) in [6.07, 6.45) is 1.71. The third-order valence-corrected chi connectivity index (χ3v) is 5.51. The first-order valence-corrected chi connectivity index (χ1v) is 7.23. The summed E-state index contributed by atoms with van der Waals surface area (Å²) in [4.78, 5) is 0. The van der Waals surface area contributed by atoms with E-state index in [4.69, 9.17) is 17.4 Å². The van der Waals surface area contributed by atoms with Crippen molar-refractivity contribution in [2.45, 2.75) is 53.6 Å². The van der Waals surface area contributed by atoms with Crippen LogP contribution < -0.4 is 11.3 Å². The fraction of sp³-hybridized carbons (Fsp3) is 0.786. The van der Waals surface area contributed by atoms with Gasteiger partial charge in [0.1, 0.15) is 0 Å². The van der Waals surface area contributed by atoms with E-state index < -0.39 is 0 Å². The lowest BCUT2D eigenvalue weighted by Crippen LogP contribution is -2.33. The van der Waals surface area contributed by atoms with Crippen LogP contribution in [0.4, 0.5) is 0 Å². The summed E-state index contributed by atoms with van der Waals surface area (Å²) in [7, 11) is 0. The van der Waals surface area contributed by atoms with Crippen LogP contribution in [0.3, 0.4) is 0 Å². The minimum Gasteiger partial charge on any atom is -0.271 e. The number of nitrogens with zero attached hydrogens (tertiary/aromatic N) is 2. The molecule has 5 heteroatoms. The maximum Gasteiger partial charge on any atom is 0.0834 e. The van der Waals surface area contributed by atoms with Gasteiger partial charge in [-0.1, -0.05) is 39.3 Å². The molecule has 19 heavy (non-hydrogen) atoms. The average molecular weight is 285 g/mol. The largest absolute Gasteiger partial charge is 0.271 e. The van der Waals surface area contributed by atoms with Crippen molar-refractivity contribution in [3.8, 4) is 0 Å². The molecule has 1 aliphatic carbocycles. The lowest BCUT2D eigenvalue weighted by Gasteiger charge is -2.22. The van der Waals surface area contributed by atoms with Crippen LogP contribution in [0.5, 0.6) is 0 Å². The predicted molar refractivity (Wildman–Crippen MR) is 78.7 cm³/mol. The van der Waals surface area contributed by atoms with Gasteiger partial charge in [0.15, 0.2) is 0 Å². The number of aromatic nitrogens is 2. The highest BCUT2D eigenvalue weighted by atomic mass is 35.5. The summed E-state index contributed by atoms with van der Waals surface area (Å²) in [5, 5.41) is 5.07. The smallest absolute Gasteiger partial charge is 0.0834 e. The molecule has 1 aromatic rings. The van der Waals surface area contributed by atoms with E-state index in [0.29, 0.717) is 10.9 Å². The molecule has 0 radical (unpaired) electrons. The molecule has 0 amide bonds. The highest BCUT2D eigenvalue weighted by molar-refractivity contribution is 6.31. The van der Waals surface area contributed by atoms with E-state index >= 15 is 0 Å². The molecule has 108 valence electrons. The molecule has 1 atom stereocenters. The van der Waals surface area contributed by atoms with Crippen LogP contribution in [0.1, 0.15) is 59.3 Å². The first-order chi connectivity index (χ1) is 8.66. The van der Waals surface area contributed by atoms with Crippen LogP contribution in [0.25, 0.3) is 0 Å². The van der Waals surface area contributed by atoms with Crippen molar-refractivity contribution >= 4 is 11.6 Å².